The largest absolute Gasteiger partial charge is 0.465 e. The Hall–Kier alpha value is -1.22. The fourth-order valence-electron chi connectivity index (χ4n) is 7.77. The molecular weight excluding hydrogens is 703 g/mol. The molecule has 0 fully saturated rings. The average Bonchev–Trinajstić information content (AvgIpc) is 3.18. The minimum absolute atomic E-state index is 0.00900. The first-order chi connectivity index (χ1) is 27.3. The van der Waals surface area contributed by atoms with Crippen LogP contribution >= 0.6 is 0 Å². The Kier molecular flexibility index (Phi) is 41.0. The van der Waals surface area contributed by atoms with Gasteiger partial charge in [-0.3, -0.25) is 14.5 Å². The van der Waals surface area contributed by atoms with Crippen LogP contribution in [0.3, 0.4) is 0 Å². The molecule has 0 aromatic carbocycles. The molecule has 0 heterocycles. The van der Waals surface area contributed by atoms with Gasteiger partial charge in [0.1, 0.15) is 0 Å². The number of carbonyl (C=O) groups excluding carboxylic acids is 2. The second kappa shape index (κ2) is 41.9. The van der Waals surface area contributed by atoms with Gasteiger partial charge in [0.25, 0.3) is 0 Å². The molecule has 0 saturated carbocycles. The summed E-state index contributed by atoms with van der Waals surface area (Å²) in [6.45, 7) is 11.5. The van der Waals surface area contributed by atoms with E-state index in [2.05, 4.69) is 32.6 Å². The first kappa shape index (κ1) is 54.8. The van der Waals surface area contributed by atoms with Gasteiger partial charge in [0, 0.05) is 19.7 Å². The highest BCUT2D eigenvalue weighted by Gasteiger charge is 2.21. The number of rotatable bonds is 44. The van der Waals surface area contributed by atoms with E-state index in [1.54, 1.807) is 0 Å². The van der Waals surface area contributed by atoms with Crippen LogP contribution in [0.25, 0.3) is 0 Å². The predicted molar refractivity (Wildman–Crippen MR) is 235 cm³/mol. The van der Waals surface area contributed by atoms with Gasteiger partial charge in [-0.25, -0.2) is 0 Å². The predicted octanol–water partition coefficient (Wildman–Crippen LogP) is 11.9. The zero-order chi connectivity index (χ0) is 41.3. The maximum absolute atomic E-state index is 13.0. The molecule has 0 aromatic rings. The van der Waals surface area contributed by atoms with Crippen molar-refractivity contribution in [1.82, 2.24) is 4.90 Å². The van der Waals surface area contributed by atoms with Crippen LogP contribution in [0.1, 0.15) is 233 Å². The molecular formula is C48H95NO7. The van der Waals surface area contributed by atoms with E-state index >= 15 is 0 Å². The Morgan fingerprint density at radius 2 is 0.750 bits per heavy atom. The van der Waals surface area contributed by atoms with Crippen LogP contribution in [-0.4, -0.2) is 83.8 Å². The molecule has 0 aliphatic heterocycles. The van der Waals surface area contributed by atoms with E-state index in [-0.39, 0.29) is 30.4 Å². The maximum atomic E-state index is 13.0. The summed E-state index contributed by atoms with van der Waals surface area (Å²) in [5, 5.41) is 31.1. The lowest BCUT2D eigenvalue weighted by Gasteiger charge is -2.27. The number of esters is 2. The van der Waals surface area contributed by atoms with Gasteiger partial charge in [0.2, 0.25) is 0 Å². The molecule has 0 aliphatic rings. The van der Waals surface area contributed by atoms with Crippen molar-refractivity contribution in [2.75, 3.05) is 39.5 Å². The summed E-state index contributed by atoms with van der Waals surface area (Å²) in [5.74, 6) is -0.0592. The van der Waals surface area contributed by atoms with E-state index in [0.29, 0.717) is 52.1 Å². The Labute approximate surface area is 347 Å². The van der Waals surface area contributed by atoms with Crippen LogP contribution in [0, 0.1) is 11.8 Å². The van der Waals surface area contributed by atoms with Crippen molar-refractivity contribution < 1.29 is 34.4 Å². The van der Waals surface area contributed by atoms with Gasteiger partial charge in [-0.15, -0.1) is 0 Å². The van der Waals surface area contributed by atoms with Crippen molar-refractivity contribution in [3.63, 3.8) is 0 Å². The van der Waals surface area contributed by atoms with E-state index in [4.69, 9.17) is 9.47 Å². The number of ether oxygens (including phenoxy) is 2. The summed E-state index contributed by atoms with van der Waals surface area (Å²) in [4.78, 5) is 28.1. The first-order valence-corrected chi connectivity index (χ1v) is 24.3. The lowest BCUT2D eigenvalue weighted by Crippen LogP contribution is -2.38. The molecule has 0 saturated heterocycles. The Balaban J connectivity index is 4.61. The second-order valence-corrected chi connectivity index (χ2v) is 17.0. The fraction of sp³-hybridized carbons (Fsp3) is 0.958. The molecule has 4 atom stereocenters. The molecule has 0 radical (unpaired) electrons. The lowest BCUT2D eigenvalue weighted by molar-refractivity contribution is -0.150. The van der Waals surface area contributed by atoms with Gasteiger partial charge in [-0.05, 0) is 83.6 Å². The van der Waals surface area contributed by atoms with E-state index in [1.807, 2.05) is 0 Å². The number of hydrogen-bond acceptors (Lipinski definition) is 8. The molecule has 0 aromatic heterocycles. The van der Waals surface area contributed by atoms with E-state index < -0.39 is 12.2 Å². The first-order valence-electron chi connectivity index (χ1n) is 24.3. The van der Waals surface area contributed by atoms with Crippen LogP contribution in [0.4, 0.5) is 0 Å². The number of carbonyl (C=O) groups is 2. The molecule has 0 amide bonds. The van der Waals surface area contributed by atoms with Crippen LogP contribution < -0.4 is 0 Å². The SMILES string of the molecule is CCCCCCCCC(CCCCCC)C(=O)OCCCCC(O)CN(CCCCO)C[C@H](O)CCCCOC(=O)C(CCCCCC)CCCCCCCC. The number of hydrogen-bond donors (Lipinski definition) is 3. The van der Waals surface area contributed by atoms with Gasteiger partial charge in [0.05, 0.1) is 37.3 Å². The maximum Gasteiger partial charge on any atom is 0.308 e. The topological polar surface area (TPSA) is 117 Å². The van der Waals surface area contributed by atoms with E-state index in [0.717, 1.165) is 83.5 Å². The van der Waals surface area contributed by atoms with Crippen molar-refractivity contribution in [1.29, 1.82) is 0 Å². The summed E-state index contributed by atoms with van der Waals surface area (Å²) in [7, 11) is 0. The highest BCUT2D eigenvalue weighted by Crippen LogP contribution is 2.22. The minimum Gasteiger partial charge on any atom is -0.465 e. The van der Waals surface area contributed by atoms with Gasteiger partial charge in [-0.1, -0.05) is 156 Å². The Morgan fingerprint density at radius 3 is 1.11 bits per heavy atom. The summed E-state index contributed by atoms with van der Waals surface area (Å²) in [5.41, 5.74) is 0. The smallest absolute Gasteiger partial charge is 0.308 e. The summed E-state index contributed by atoms with van der Waals surface area (Å²) >= 11 is 0. The minimum atomic E-state index is -0.531. The van der Waals surface area contributed by atoms with Crippen LogP contribution in [0.5, 0.6) is 0 Å². The highest BCUT2D eigenvalue weighted by atomic mass is 16.5. The average molecular weight is 798 g/mol. The molecule has 3 N–H and O–H groups in total. The van der Waals surface area contributed by atoms with Crippen LogP contribution in [-0.2, 0) is 19.1 Å². The third-order valence-corrected chi connectivity index (χ3v) is 11.5. The Bertz CT molecular complexity index is 780. The zero-order valence-corrected chi connectivity index (χ0v) is 37.6. The van der Waals surface area contributed by atoms with Crippen molar-refractivity contribution in [2.45, 2.75) is 245 Å². The van der Waals surface area contributed by atoms with Gasteiger partial charge in [-0.2, -0.15) is 0 Å². The van der Waals surface area contributed by atoms with Crippen LogP contribution in [0.2, 0.25) is 0 Å². The monoisotopic (exact) mass is 798 g/mol. The molecule has 0 aliphatic carbocycles. The fourth-order valence-corrected chi connectivity index (χ4v) is 7.77. The number of aliphatic hydroxyl groups is 3. The molecule has 3 unspecified atom stereocenters. The quantitative estimate of drug-likeness (QED) is 0.0412. The summed E-state index contributed by atoms with van der Waals surface area (Å²) in [6, 6.07) is 0. The van der Waals surface area contributed by atoms with Gasteiger partial charge in [0.15, 0.2) is 0 Å². The molecule has 56 heavy (non-hydrogen) atoms. The number of unbranched alkanes of at least 4 members (excludes halogenated alkanes) is 19. The van der Waals surface area contributed by atoms with Crippen LogP contribution in [0.15, 0.2) is 0 Å². The van der Waals surface area contributed by atoms with Crippen molar-refractivity contribution in [3.8, 4) is 0 Å². The zero-order valence-electron chi connectivity index (χ0n) is 37.6. The summed E-state index contributed by atoms with van der Waals surface area (Å²) < 4.78 is 11.5. The Morgan fingerprint density at radius 1 is 0.429 bits per heavy atom. The van der Waals surface area contributed by atoms with Gasteiger partial charge >= 0.3 is 11.9 Å². The molecule has 0 bridgehead atoms. The third-order valence-electron chi connectivity index (χ3n) is 11.5. The second-order valence-electron chi connectivity index (χ2n) is 17.0. The van der Waals surface area contributed by atoms with E-state index in [1.165, 1.54) is 103 Å². The molecule has 334 valence electrons. The third kappa shape index (κ3) is 34.8. The lowest BCUT2D eigenvalue weighted by atomic mass is 9.94. The molecule has 0 spiro atoms. The number of aliphatic hydroxyl groups excluding tert-OH is 3. The van der Waals surface area contributed by atoms with Gasteiger partial charge < -0.3 is 24.8 Å². The van der Waals surface area contributed by atoms with E-state index in [9.17, 15) is 24.9 Å². The molecule has 8 nitrogen and oxygen atoms in total. The highest BCUT2D eigenvalue weighted by molar-refractivity contribution is 5.72. The molecule has 8 heteroatoms. The van der Waals surface area contributed by atoms with Crippen molar-refractivity contribution in [2.24, 2.45) is 11.8 Å². The van der Waals surface area contributed by atoms with Crippen molar-refractivity contribution in [3.05, 3.63) is 0 Å². The molecule has 0 rings (SSSR count). The van der Waals surface area contributed by atoms with Crippen molar-refractivity contribution >= 4 is 11.9 Å². The standard InChI is InChI=1S/C48H95NO7/c1-5-9-13-17-19-23-33-43(31-21-15-11-7-3)47(53)55-39-29-25-35-45(51)41-49(37-27-28-38-50)42-46(52)36-26-30-40-56-48(54)44(32-22-16-12-8-4)34-24-20-18-14-10-6-2/h43-46,50-52H,5-42H2,1-4H3/t43?,44?,45-,46?/m1/s1. The normalized spacial score (nSPS) is 13.9. The number of nitrogens with zero attached hydrogens (tertiary/aromatic N) is 1. The summed E-state index contributed by atoms with van der Waals surface area (Å²) in [6.07, 6.45) is 32.5.